The number of fused-ring (bicyclic) bond motifs is 1. The highest BCUT2D eigenvalue weighted by Crippen LogP contribution is 2.36. The fourth-order valence-electron chi connectivity index (χ4n) is 4.01. The lowest BCUT2D eigenvalue weighted by Gasteiger charge is -2.30. The van der Waals surface area contributed by atoms with Crippen molar-refractivity contribution in [3.63, 3.8) is 0 Å². The molecule has 0 bridgehead atoms. The minimum absolute atomic E-state index is 0.217. The van der Waals surface area contributed by atoms with Crippen LogP contribution in [0.15, 0.2) is 66.9 Å². The standard InChI is InChI=1S/C25H25N3O4/c1-16-6-2-3-7-19(16)24(31)27-23-13-10-17(14-26-23)25(32)28-18(15-29)11-12-22(30)20-8-4-5-9-21(20)28/h2-10,13-14,18,22,29-30H,11-12,15H2,1H3,(H,26,27,31). The van der Waals surface area contributed by atoms with Crippen molar-refractivity contribution in [2.45, 2.75) is 31.9 Å². The SMILES string of the molecule is Cc1ccccc1C(=O)Nc1ccc(C(=O)N2c3ccccc3C(O)CCC2CO)cn1. The van der Waals surface area contributed by atoms with Gasteiger partial charge < -0.3 is 20.4 Å². The molecule has 7 heteroatoms. The maximum atomic E-state index is 13.4. The summed E-state index contributed by atoms with van der Waals surface area (Å²) < 4.78 is 0. The number of para-hydroxylation sites is 1. The van der Waals surface area contributed by atoms with Crippen molar-refractivity contribution in [2.75, 3.05) is 16.8 Å². The van der Waals surface area contributed by atoms with Gasteiger partial charge in [-0.3, -0.25) is 9.59 Å². The molecule has 4 rings (SSSR count). The number of aliphatic hydroxyl groups is 2. The van der Waals surface area contributed by atoms with Gasteiger partial charge in [0.1, 0.15) is 5.82 Å². The van der Waals surface area contributed by atoms with E-state index in [-0.39, 0.29) is 18.4 Å². The van der Waals surface area contributed by atoms with E-state index in [1.54, 1.807) is 42.5 Å². The van der Waals surface area contributed by atoms with E-state index in [4.69, 9.17) is 0 Å². The van der Waals surface area contributed by atoms with Crippen molar-refractivity contribution < 1.29 is 19.8 Å². The number of carbonyl (C=O) groups is 2. The summed E-state index contributed by atoms with van der Waals surface area (Å²) in [6.07, 6.45) is 1.63. The number of hydrogen-bond donors (Lipinski definition) is 3. The molecule has 164 valence electrons. The molecule has 2 heterocycles. The van der Waals surface area contributed by atoms with E-state index < -0.39 is 12.1 Å². The number of amides is 2. The summed E-state index contributed by atoms with van der Waals surface area (Å²) in [6.45, 7) is 1.64. The molecule has 2 atom stereocenters. The van der Waals surface area contributed by atoms with Gasteiger partial charge in [0.15, 0.2) is 0 Å². The van der Waals surface area contributed by atoms with Gasteiger partial charge in [0.2, 0.25) is 0 Å². The van der Waals surface area contributed by atoms with Gasteiger partial charge >= 0.3 is 0 Å². The molecule has 0 spiro atoms. The lowest BCUT2D eigenvalue weighted by Crippen LogP contribution is -2.42. The summed E-state index contributed by atoms with van der Waals surface area (Å²) in [5.41, 5.74) is 2.97. The molecule has 0 radical (unpaired) electrons. The molecule has 1 aromatic heterocycles. The van der Waals surface area contributed by atoms with Gasteiger partial charge in [0.05, 0.1) is 30.0 Å². The summed E-state index contributed by atoms with van der Waals surface area (Å²) in [4.78, 5) is 31.7. The first-order valence-electron chi connectivity index (χ1n) is 10.5. The van der Waals surface area contributed by atoms with Crippen LogP contribution in [0.2, 0.25) is 0 Å². The summed E-state index contributed by atoms with van der Waals surface area (Å²) in [5, 5.41) is 23.2. The maximum absolute atomic E-state index is 13.4. The number of nitrogens with one attached hydrogen (secondary N) is 1. The highest BCUT2D eigenvalue weighted by atomic mass is 16.3. The Labute approximate surface area is 186 Å². The monoisotopic (exact) mass is 431 g/mol. The predicted molar refractivity (Wildman–Crippen MR) is 122 cm³/mol. The Kier molecular flexibility index (Phi) is 6.30. The average Bonchev–Trinajstić information content (AvgIpc) is 2.95. The molecule has 2 amide bonds. The molecule has 7 nitrogen and oxygen atoms in total. The Morgan fingerprint density at radius 1 is 1.06 bits per heavy atom. The Morgan fingerprint density at radius 2 is 1.81 bits per heavy atom. The van der Waals surface area contributed by atoms with Gasteiger partial charge in [-0.2, -0.15) is 0 Å². The first-order chi connectivity index (χ1) is 15.5. The highest BCUT2D eigenvalue weighted by molar-refractivity contribution is 6.07. The van der Waals surface area contributed by atoms with E-state index in [2.05, 4.69) is 10.3 Å². The fraction of sp³-hybridized carbons (Fsp3) is 0.240. The third kappa shape index (κ3) is 4.26. The highest BCUT2D eigenvalue weighted by Gasteiger charge is 2.32. The lowest BCUT2D eigenvalue weighted by molar-refractivity contribution is 0.0958. The van der Waals surface area contributed by atoms with Gasteiger partial charge in [-0.05, 0) is 49.6 Å². The molecular weight excluding hydrogens is 406 g/mol. The first kappa shape index (κ1) is 21.7. The number of benzene rings is 2. The van der Waals surface area contributed by atoms with Crippen LogP contribution in [0.3, 0.4) is 0 Å². The van der Waals surface area contributed by atoms with Crippen molar-refractivity contribution in [3.05, 3.63) is 89.1 Å². The number of nitrogens with zero attached hydrogens (tertiary/aromatic N) is 2. The number of rotatable bonds is 4. The zero-order valence-corrected chi connectivity index (χ0v) is 17.7. The molecule has 0 saturated heterocycles. The van der Waals surface area contributed by atoms with Crippen LogP contribution in [0, 0.1) is 6.92 Å². The fourth-order valence-corrected chi connectivity index (χ4v) is 4.01. The number of aromatic nitrogens is 1. The second-order valence-electron chi connectivity index (χ2n) is 7.86. The minimum atomic E-state index is -0.699. The minimum Gasteiger partial charge on any atom is -0.394 e. The van der Waals surface area contributed by atoms with E-state index in [1.165, 1.54) is 11.1 Å². The molecular formula is C25H25N3O4. The van der Waals surface area contributed by atoms with Gasteiger partial charge in [-0.25, -0.2) is 4.98 Å². The molecule has 3 aromatic rings. The Balaban J connectivity index is 1.58. The first-order valence-corrected chi connectivity index (χ1v) is 10.5. The second kappa shape index (κ2) is 9.30. The lowest BCUT2D eigenvalue weighted by atomic mass is 10.0. The molecule has 1 aliphatic rings. The van der Waals surface area contributed by atoms with Crippen LogP contribution in [0.25, 0.3) is 0 Å². The van der Waals surface area contributed by atoms with Crippen molar-refractivity contribution in [1.29, 1.82) is 0 Å². The van der Waals surface area contributed by atoms with Gasteiger partial charge in [-0.1, -0.05) is 36.4 Å². The topological polar surface area (TPSA) is 103 Å². The zero-order chi connectivity index (χ0) is 22.7. The number of aryl methyl sites for hydroxylation is 1. The molecule has 1 aliphatic heterocycles. The summed E-state index contributed by atoms with van der Waals surface area (Å²) in [5.74, 6) is -0.263. The number of hydrogen-bond acceptors (Lipinski definition) is 5. The quantitative estimate of drug-likeness (QED) is 0.587. The van der Waals surface area contributed by atoms with Crippen molar-refractivity contribution in [2.24, 2.45) is 0 Å². The summed E-state index contributed by atoms with van der Waals surface area (Å²) >= 11 is 0. The second-order valence-corrected chi connectivity index (χ2v) is 7.86. The van der Waals surface area contributed by atoms with Crippen LogP contribution in [0.4, 0.5) is 11.5 Å². The van der Waals surface area contributed by atoms with E-state index in [0.717, 1.165) is 5.56 Å². The van der Waals surface area contributed by atoms with Gasteiger partial charge in [0, 0.05) is 17.3 Å². The number of anilines is 2. The van der Waals surface area contributed by atoms with Crippen molar-refractivity contribution >= 4 is 23.3 Å². The molecule has 2 aromatic carbocycles. The predicted octanol–water partition coefficient (Wildman–Crippen LogP) is 3.48. The van der Waals surface area contributed by atoms with E-state index in [1.807, 2.05) is 25.1 Å². The molecule has 2 unspecified atom stereocenters. The number of carbonyl (C=O) groups excluding carboxylic acids is 2. The largest absolute Gasteiger partial charge is 0.394 e. The third-order valence-corrected chi connectivity index (χ3v) is 5.77. The van der Waals surface area contributed by atoms with Crippen molar-refractivity contribution in [1.82, 2.24) is 4.98 Å². The average molecular weight is 431 g/mol. The smallest absolute Gasteiger partial charge is 0.260 e. The molecule has 0 saturated carbocycles. The van der Waals surface area contributed by atoms with E-state index in [9.17, 15) is 19.8 Å². The third-order valence-electron chi connectivity index (χ3n) is 5.77. The van der Waals surface area contributed by atoms with Gasteiger partial charge in [-0.15, -0.1) is 0 Å². The Hall–Kier alpha value is -3.55. The van der Waals surface area contributed by atoms with Crippen molar-refractivity contribution in [3.8, 4) is 0 Å². The normalized spacial score (nSPS) is 17.9. The van der Waals surface area contributed by atoms with E-state index in [0.29, 0.717) is 41.0 Å². The Morgan fingerprint density at radius 3 is 2.53 bits per heavy atom. The zero-order valence-electron chi connectivity index (χ0n) is 17.7. The van der Waals surface area contributed by atoms with Crippen LogP contribution in [-0.2, 0) is 0 Å². The molecule has 3 N–H and O–H groups in total. The van der Waals surface area contributed by atoms with Crippen LogP contribution >= 0.6 is 0 Å². The van der Waals surface area contributed by atoms with Crippen LogP contribution in [-0.4, -0.2) is 39.7 Å². The maximum Gasteiger partial charge on any atom is 0.260 e. The van der Waals surface area contributed by atoms with Crippen LogP contribution in [0.5, 0.6) is 0 Å². The molecule has 0 fully saturated rings. The van der Waals surface area contributed by atoms with E-state index >= 15 is 0 Å². The Bertz CT molecular complexity index is 1130. The van der Waals surface area contributed by atoms with Crippen LogP contribution in [0.1, 0.15) is 50.8 Å². The molecule has 0 aliphatic carbocycles. The van der Waals surface area contributed by atoms with Crippen LogP contribution < -0.4 is 10.2 Å². The number of pyridine rings is 1. The summed E-state index contributed by atoms with van der Waals surface area (Å²) in [6, 6.07) is 17.2. The summed E-state index contributed by atoms with van der Waals surface area (Å²) in [7, 11) is 0. The number of aliphatic hydroxyl groups excluding tert-OH is 2. The van der Waals surface area contributed by atoms with Gasteiger partial charge in [0.25, 0.3) is 11.8 Å². The molecule has 32 heavy (non-hydrogen) atoms.